The highest BCUT2D eigenvalue weighted by Gasteiger charge is 2.56. The second-order valence-electron chi connectivity index (χ2n) is 12.5. The van der Waals surface area contributed by atoms with Crippen LogP contribution in [0.4, 0.5) is 10.5 Å². The van der Waals surface area contributed by atoms with Crippen LogP contribution in [0.2, 0.25) is 18.1 Å². The maximum absolute atomic E-state index is 13.3. The highest BCUT2D eigenvalue weighted by atomic mass is 28.4. The van der Waals surface area contributed by atoms with E-state index in [2.05, 4.69) is 49.2 Å². The summed E-state index contributed by atoms with van der Waals surface area (Å²) >= 11 is 0. The van der Waals surface area contributed by atoms with Gasteiger partial charge in [-0.2, -0.15) is 0 Å². The maximum Gasteiger partial charge on any atom is 0.414 e. The van der Waals surface area contributed by atoms with Crippen LogP contribution in [0.1, 0.15) is 47.1 Å². The number of esters is 4. The molecule has 1 aromatic rings. The molecule has 0 radical (unpaired) electrons. The molecular weight excluding hydrogens is 680 g/mol. The van der Waals surface area contributed by atoms with Gasteiger partial charge in [0.05, 0.1) is 32.6 Å². The molecule has 1 saturated heterocycles. The molecule has 1 aliphatic heterocycles. The van der Waals surface area contributed by atoms with E-state index in [1.54, 1.807) is 18.2 Å². The van der Waals surface area contributed by atoms with Crippen molar-refractivity contribution in [2.45, 2.75) is 97.0 Å². The molecule has 1 aliphatic rings. The summed E-state index contributed by atoms with van der Waals surface area (Å²) in [5.74, 6) is -3.50. The molecule has 278 valence electrons. The smallest absolute Gasteiger partial charge is 0.414 e. The van der Waals surface area contributed by atoms with E-state index < -0.39 is 69.0 Å². The number of amides is 1. The molecule has 2 rings (SSSR count). The van der Waals surface area contributed by atoms with Gasteiger partial charge < -0.3 is 42.3 Å². The zero-order valence-corrected chi connectivity index (χ0v) is 30.7. The maximum atomic E-state index is 13.3. The van der Waals surface area contributed by atoms with Crippen LogP contribution in [0.3, 0.4) is 0 Å². The first kappa shape index (κ1) is 41.7. The van der Waals surface area contributed by atoms with Crippen molar-refractivity contribution < 1.29 is 66.3 Å². The Hall–Kier alpha value is -4.42. The number of hydrogen-bond acceptors (Lipinski definition) is 15. The Labute approximate surface area is 291 Å². The molecule has 5 atom stereocenters. The first-order chi connectivity index (χ1) is 23.4. The van der Waals surface area contributed by atoms with Crippen LogP contribution in [0.15, 0.2) is 23.3 Å². The van der Waals surface area contributed by atoms with Gasteiger partial charge in [-0.15, -0.1) is 0 Å². The Morgan fingerprint density at radius 2 is 1.54 bits per heavy atom. The zero-order chi connectivity index (χ0) is 37.6. The third-order valence-electron chi connectivity index (χ3n) is 7.63. The molecule has 1 fully saturated rings. The number of hydrogen-bond donors (Lipinski definition) is 1. The second-order valence-corrected chi connectivity index (χ2v) is 17.3. The lowest BCUT2D eigenvalue weighted by Crippen LogP contribution is -2.64. The minimum atomic E-state index is -2.11. The van der Waals surface area contributed by atoms with E-state index in [0.29, 0.717) is 0 Å². The Balaban J connectivity index is 2.38. The molecule has 0 aromatic heterocycles. The predicted molar refractivity (Wildman–Crippen MR) is 176 cm³/mol. The van der Waals surface area contributed by atoms with Gasteiger partial charge in [0.15, 0.2) is 26.6 Å². The molecular formula is C31H46N4O14Si. The number of rotatable bonds is 16. The summed E-state index contributed by atoms with van der Waals surface area (Å²) in [7, 11) is -1.08. The van der Waals surface area contributed by atoms with E-state index in [0.717, 1.165) is 33.4 Å². The highest BCUT2D eigenvalue weighted by Crippen LogP contribution is 2.38. The number of benzene rings is 1. The van der Waals surface area contributed by atoms with Crippen molar-refractivity contribution in [3.63, 3.8) is 0 Å². The quantitative estimate of drug-likeness (QED) is 0.0480. The number of methoxy groups -OCH3 is 1. The van der Waals surface area contributed by atoms with Gasteiger partial charge in [0.2, 0.25) is 12.4 Å². The molecule has 3 unspecified atom stereocenters. The number of anilines is 1. The summed E-state index contributed by atoms with van der Waals surface area (Å²) in [6.45, 7) is 14.5. The lowest BCUT2D eigenvalue weighted by molar-refractivity contribution is -0.287. The van der Waals surface area contributed by atoms with Gasteiger partial charge in [-0.3, -0.25) is 19.7 Å². The van der Waals surface area contributed by atoms with Crippen LogP contribution >= 0.6 is 0 Å². The molecule has 19 heteroatoms. The number of ether oxygens (including phenoxy) is 8. The average Bonchev–Trinajstić information content (AvgIpc) is 3.01. The van der Waals surface area contributed by atoms with E-state index in [-0.39, 0.29) is 49.4 Å². The van der Waals surface area contributed by atoms with Crippen LogP contribution in [-0.2, 0) is 63.4 Å². The largest absolute Gasteiger partial charge is 0.489 e. The minimum absolute atomic E-state index is 0.0325. The van der Waals surface area contributed by atoms with Crippen LogP contribution < -0.4 is 10.1 Å². The summed E-state index contributed by atoms with van der Waals surface area (Å²) < 4.78 is 49.4. The minimum Gasteiger partial charge on any atom is -0.489 e. The summed E-state index contributed by atoms with van der Waals surface area (Å²) in [5.41, 5.74) is 9.32. The van der Waals surface area contributed by atoms with E-state index in [9.17, 15) is 24.0 Å². The fraction of sp³-hybridized carbons (Fsp3) is 0.645. The van der Waals surface area contributed by atoms with Crippen LogP contribution in [0, 0.1) is 0 Å². The van der Waals surface area contributed by atoms with Crippen molar-refractivity contribution in [3.8, 4) is 5.75 Å². The van der Waals surface area contributed by atoms with Crippen molar-refractivity contribution in [2.24, 2.45) is 5.11 Å². The molecule has 0 bridgehead atoms. The van der Waals surface area contributed by atoms with Gasteiger partial charge in [0, 0.05) is 32.2 Å². The van der Waals surface area contributed by atoms with Crippen molar-refractivity contribution in [2.75, 3.05) is 38.8 Å². The average molecular weight is 727 g/mol. The SMILES string of the molecule is COC(=O)C1OC(OC(=O)Nc2ccc(CO[Si](C)(C)C(C)(C)C)cc2OCCOCCN=[N+]=[N-])[C@H](OC(C)=O)C(OC(C)=O)[C@@H]1OC(C)=O. The van der Waals surface area contributed by atoms with Crippen LogP contribution in [0.25, 0.3) is 10.4 Å². The van der Waals surface area contributed by atoms with Crippen LogP contribution in [0.5, 0.6) is 5.75 Å². The monoisotopic (exact) mass is 726 g/mol. The lowest BCUT2D eigenvalue weighted by Gasteiger charge is -2.42. The third-order valence-corrected chi connectivity index (χ3v) is 12.1. The van der Waals surface area contributed by atoms with Crippen molar-refractivity contribution in [1.82, 2.24) is 0 Å². The summed E-state index contributed by atoms with van der Waals surface area (Å²) in [5, 5.41) is 5.90. The number of nitrogens with zero attached hydrogens (tertiary/aromatic N) is 3. The highest BCUT2D eigenvalue weighted by molar-refractivity contribution is 6.74. The molecule has 50 heavy (non-hydrogen) atoms. The zero-order valence-electron chi connectivity index (χ0n) is 29.7. The van der Waals surface area contributed by atoms with Gasteiger partial charge in [-0.1, -0.05) is 32.0 Å². The molecule has 1 aromatic carbocycles. The number of azide groups is 1. The molecule has 0 aliphatic carbocycles. The Morgan fingerprint density at radius 1 is 0.920 bits per heavy atom. The van der Waals surface area contributed by atoms with Crippen molar-refractivity contribution in [3.05, 3.63) is 34.2 Å². The predicted octanol–water partition coefficient (Wildman–Crippen LogP) is 4.16. The van der Waals surface area contributed by atoms with Gasteiger partial charge in [-0.05, 0) is 41.4 Å². The Bertz CT molecular complexity index is 1410. The molecule has 1 amide bonds. The molecule has 18 nitrogen and oxygen atoms in total. The molecule has 0 spiro atoms. The Kier molecular flexibility index (Phi) is 15.9. The number of nitrogens with one attached hydrogen (secondary N) is 1. The summed E-state index contributed by atoms with van der Waals surface area (Å²) in [6.07, 6.45) is -9.72. The molecule has 0 saturated carbocycles. The standard InChI is InChI=1S/C31H46N4O14Si/c1-18(36)45-24-25(46-19(2)37)27(47-20(3)38)29(48-26(24)28(39)41-7)49-30(40)34-22-11-10-21(17-44-50(8,9)31(4,5)6)16-23(22)43-15-14-42-13-12-33-35-32/h10-11,16,24-27,29H,12-15,17H2,1-9H3,(H,34,40)/t24-,25?,26?,27+,29?/m0/s1. The van der Waals surface area contributed by atoms with Gasteiger partial charge in [0.1, 0.15) is 12.4 Å². The van der Waals surface area contributed by atoms with E-state index >= 15 is 0 Å². The molecule has 1 heterocycles. The second kappa shape index (κ2) is 19.1. The van der Waals surface area contributed by atoms with Gasteiger partial charge >= 0.3 is 30.0 Å². The number of carbonyl (C=O) groups is 5. The Morgan fingerprint density at radius 3 is 2.12 bits per heavy atom. The van der Waals surface area contributed by atoms with Crippen molar-refractivity contribution in [1.29, 1.82) is 0 Å². The van der Waals surface area contributed by atoms with E-state index in [4.69, 9.17) is 47.9 Å². The van der Waals surface area contributed by atoms with E-state index in [1.165, 1.54) is 0 Å². The summed E-state index contributed by atoms with van der Waals surface area (Å²) in [6, 6.07) is 4.96. The number of carbonyl (C=O) groups excluding carboxylic acids is 5. The normalized spacial score (nSPS) is 20.4. The van der Waals surface area contributed by atoms with Crippen LogP contribution in [-0.4, -0.2) is 102 Å². The lowest BCUT2D eigenvalue weighted by atomic mass is 9.97. The molecule has 1 N–H and O–H groups in total. The third kappa shape index (κ3) is 12.8. The van der Waals surface area contributed by atoms with Gasteiger partial charge in [-0.25, -0.2) is 9.59 Å². The topological polar surface area (TPSA) is 229 Å². The van der Waals surface area contributed by atoms with E-state index in [1.807, 2.05) is 0 Å². The van der Waals surface area contributed by atoms with Crippen molar-refractivity contribution >= 4 is 44.0 Å². The van der Waals surface area contributed by atoms with Gasteiger partial charge in [0.25, 0.3) is 0 Å². The first-order valence-electron chi connectivity index (χ1n) is 15.6. The summed E-state index contributed by atoms with van der Waals surface area (Å²) in [4.78, 5) is 64.7. The fourth-order valence-electron chi connectivity index (χ4n) is 4.24. The first-order valence-corrected chi connectivity index (χ1v) is 18.5. The fourth-order valence-corrected chi connectivity index (χ4v) is 5.20.